The Hall–Kier alpha value is -4.14. The Morgan fingerprint density at radius 2 is 1.74 bits per heavy atom. The number of aryl methyl sites for hydroxylation is 1. The summed E-state index contributed by atoms with van der Waals surface area (Å²) in [5.41, 5.74) is 4.89. The van der Waals surface area contributed by atoms with Crippen LogP contribution in [0.3, 0.4) is 0 Å². The zero-order chi connectivity index (χ0) is 24.2. The molecule has 34 heavy (non-hydrogen) atoms. The molecule has 1 unspecified atom stereocenters. The first kappa shape index (κ1) is 23.0. The van der Waals surface area contributed by atoms with Crippen LogP contribution in [-0.4, -0.2) is 58.0 Å². The van der Waals surface area contributed by atoms with E-state index in [0.29, 0.717) is 5.56 Å². The zero-order valence-corrected chi connectivity index (χ0v) is 19.0. The fourth-order valence-electron chi connectivity index (χ4n) is 4.23. The largest absolute Gasteiger partial charge is 0.481 e. The van der Waals surface area contributed by atoms with Crippen molar-refractivity contribution < 1.29 is 24.2 Å². The number of nitrogens with one attached hydrogen (secondary N) is 1. The topological polar surface area (TPSA) is 114 Å². The first-order valence-corrected chi connectivity index (χ1v) is 10.9. The van der Waals surface area contributed by atoms with Crippen molar-refractivity contribution in [2.24, 2.45) is 7.05 Å². The molecule has 1 atom stereocenters. The number of carbonyl (C=O) groups is 3. The van der Waals surface area contributed by atoms with Gasteiger partial charge in [-0.2, -0.15) is 5.10 Å². The van der Waals surface area contributed by atoms with Gasteiger partial charge in [0.15, 0.2) is 0 Å². The van der Waals surface area contributed by atoms with Gasteiger partial charge in [0.1, 0.15) is 12.6 Å². The predicted octanol–water partition coefficient (Wildman–Crippen LogP) is 2.93. The van der Waals surface area contributed by atoms with Gasteiger partial charge in [0.2, 0.25) is 5.91 Å². The highest BCUT2D eigenvalue weighted by atomic mass is 16.5. The third-order valence-electron chi connectivity index (χ3n) is 5.95. The van der Waals surface area contributed by atoms with E-state index in [1.165, 1.54) is 22.8 Å². The fraction of sp³-hybridized carbons (Fsp3) is 0.280. The number of fused-ring (bicyclic) bond motifs is 3. The first-order valence-electron chi connectivity index (χ1n) is 10.9. The molecule has 0 spiro atoms. The van der Waals surface area contributed by atoms with E-state index < -0.39 is 24.0 Å². The van der Waals surface area contributed by atoms with Crippen molar-refractivity contribution in [3.05, 3.63) is 77.6 Å². The predicted molar refractivity (Wildman–Crippen MR) is 124 cm³/mol. The van der Waals surface area contributed by atoms with Crippen LogP contribution in [-0.2, 0) is 21.4 Å². The number of ether oxygens (including phenoxy) is 1. The number of carboxylic acids is 1. The molecule has 9 heteroatoms. The van der Waals surface area contributed by atoms with Crippen molar-refractivity contribution >= 4 is 18.0 Å². The molecule has 9 nitrogen and oxygen atoms in total. The SMILES string of the molecule is CN(CCC(=O)O)C(=O)C(NC(=O)OCC1c2ccccc2-c2ccccc21)c1cnn(C)c1. The number of alkyl carbamates (subject to hydrolysis) is 1. The van der Waals surface area contributed by atoms with E-state index in [1.54, 1.807) is 13.2 Å². The Kier molecular flexibility index (Phi) is 6.62. The zero-order valence-electron chi connectivity index (χ0n) is 19.0. The van der Waals surface area contributed by atoms with Crippen LogP contribution in [0, 0.1) is 0 Å². The lowest BCUT2D eigenvalue weighted by molar-refractivity contribution is -0.138. The van der Waals surface area contributed by atoms with Crippen molar-refractivity contribution in [2.45, 2.75) is 18.4 Å². The lowest BCUT2D eigenvalue weighted by Gasteiger charge is -2.24. The summed E-state index contributed by atoms with van der Waals surface area (Å²) in [6, 6.07) is 15.0. The highest BCUT2D eigenvalue weighted by molar-refractivity contribution is 5.87. The molecule has 0 saturated carbocycles. The average Bonchev–Trinajstić information content (AvgIpc) is 3.40. The van der Waals surface area contributed by atoms with Gasteiger partial charge in [-0.15, -0.1) is 0 Å². The van der Waals surface area contributed by atoms with Gasteiger partial charge in [-0.25, -0.2) is 4.79 Å². The summed E-state index contributed by atoms with van der Waals surface area (Å²) in [5.74, 6) is -1.58. The molecule has 0 bridgehead atoms. The van der Waals surface area contributed by atoms with Crippen LogP contribution in [0.25, 0.3) is 11.1 Å². The van der Waals surface area contributed by atoms with E-state index in [-0.39, 0.29) is 25.5 Å². The number of benzene rings is 2. The molecule has 0 aliphatic heterocycles. The normalized spacial score (nSPS) is 13.0. The van der Waals surface area contributed by atoms with Gasteiger partial charge >= 0.3 is 12.1 Å². The second-order valence-corrected chi connectivity index (χ2v) is 8.25. The summed E-state index contributed by atoms with van der Waals surface area (Å²) in [6.07, 6.45) is 2.16. The summed E-state index contributed by atoms with van der Waals surface area (Å²) >= 11 is 0. The standard InChI is InChI=1S/C25H26N4O5/c1-28(12-11-22(30)31)24(32)23(16-13-26-29(2)14-16)27-25(33)34-15-21-19-9-5-3-7-17(19)18-8-4-6-10-20(18)21/h3-10,13-14,21,23H,11-12,15H2,1-2H3,(H,27,33)(H,30,31). The number of carboxylic acid groups (broad SMARTS) is 1. The Morgan fingerprint density at radius 3 is 2.29 bits per heavy atom. The van der Waals surface area contributed by atoms with Crippen LogP contribution < -0.4 is 5.32 Å². The quantitative estimate of drug-likeness (QED) is 0.532. The molecule has 176 valence electrons. The Balaban J connectivity index is 1.47. The molecule has 2 amide bonds. The van der Waals surface area contributed by atoms with Crippen LogP contribution >= 0.6 is 0 Å². The Bertz CT molecular complexity index is 1180. The maximum absolute atomic E-state index is 13.0. The second-order valence-electron chi connectivity index (χ2n) is 8.25. The molecule has 1 aromatic heterocycles. The molecule has 2 N–H and O–H groups in total. The molecule has 1 heterocycles. The second kappa shape index (κ2) is 9.78. The highest BCUT2D eigenvalue weighted by Crippen LogP contribution is 2.44. The number of carbonyl (C=O) groups excluding carboxylic acids is 2. The van der Waals surface area contributed by atoms with Crippen LogP contribution in [0.1, 0.15) is 35.1 Å². The lowest BCUT2D eigenvalue weighted by atomic mass is 9.98. The summed E-state index contributed by atoms with van der Waals surface area (Å²) in [6.45, 7) is 0.125. The lowest BCUT2D eigenvalue weighted by Crippen LogP contribution is -2.42. The van der Waals surface area contributed by atoms with Crippen LogP contribution in [0.2, 0.25) is 0 Å². The van der Waals surface area contributed by atoms with E-state index >= 15 is 0 Å². The first-order chi connectivity index (χ1) is 16.3. The smallest absolute Gasteiger partial charge is 0.408 e. The van der Waals surface area contributed by atoms with E-state index in [0.717, 1.165) is 22.3 Å². The minimum absolute atomic E-state index is 0.0112. The molecule has 0 fully saturated rings. The van der Waals surface area contributed by atoms with Gasteiger partial charge in [-0.05, 0) is 22.3 Å². The van der Waals surface area contributed by atoms with Crippen molar-refractivity contribution in [3.63, 3.8) is 0 Å². The molecule has 1 aliphatic carbocycles. The number of aliphatic carboxylic acids is 1. The molecule has 1 aliphatic rings. The maximum Gasteiger partial charge on any atom is 0.408 e. The third-order valence-corrected chi connectivity index (χ3v) is 5.95. The van der Waals surface area contributed by atoms with E-state index in [1.807, 2.05) is 36.4 Å². The summed E-state index contributed by atoms with van der Waals surface area (Å²) in [4.78, 5) is 38.0. The van der Waals surface area contributed by atoms with Crippen LogP contribution in [0.5, 0.6) is 0 Å². The van der Waals surface area contributed by atoms with Crippen molar-refractivity contribution in [1.82, 2.24) is 20.0 Å². The molecule has 3 aromatic rings. The van der Waals surface area contributed by atoms with Crippen LogP contribution in [0.4, 0.5) is 4.79 Å². The number of nitrogens with zero attached hydrogens (tertiary/aromatic N) is 3. The molecule has 2 aromatic carbocycles. The monoisotopic (exact) mass is 462 g/mol. The van der Waals surface area contributed by atoms with E-state index in [9.17, 15) is 14.4 Å². The minimum atomic E-state index is -1.05. The summed E-state index contributed by atoms with van der Waals surface area (Å²) < 4.78 is 7.10. The molecule has 0 saturated heterocycles. The highest BCUT2D eigenvalue weighted by Gasteiger charge is 2.31. The molecule has 4 rings (SSSR count). The number of aromatic nitrogens is 2. The van der Waals surface area contributed by atoms with Gasteiger partial charge in [-0.3, -0.25) is 14.3 Å². The molecule has 0 radical (unpaired) electrons. The third kappa shape index (κ3) is 4.78. The summed E-state index contributed by atoms with van der Waals surface area (Å²) in [7, 11) is 3.19. The fourth-order valence-corrected chi connectivity index (χ4v) is 4.23. The van der Waals surface area contributed by atoms with Gasteiger partial charge in [0.25, 0.3) is 0 Å². The van der Waals surface area contributed by atoms with Gasteiger partial charge in [-0.1, -0.05) is 48.5 Å². The number of hydrogen-bond donors (Lipinski definition) is 2. The van der Waals surface area contributed by atoms with E-state index in [2.05, 4.69) is 22.5 Å². The van der Waals surface area contributed by atoms with Gasteiger partial charge in [0.05, 0.1) is 12.6 Å². The van der Waals surface area contributed by atoms with Gasteiger partial charge < -0.3 is 20.1 Å². The average molecular weight is 463 g/mol. The Labute approximate surface area is 196 Å². The van der Waals surface area contributed by atoms with Crippen molar-refractivity contribution in [2.75, 3.05) is 20.2 Å². The maximum atomic E-state index is 13.0. The number of likely N-dealkylation sites (N-methyl/N-ethyl adjacent to an activating group) is 1. The molecular formula is C25H26N4O5. The van der Waals surface area contributed by atoms with Crippen LogP contribution in [0.15, 0.2) is 60.9 Å². The van der Waals surface area contributed by atoms with E-state index in [4.69, 9.17) is 9.84 Å². The van der Waals surface area contributed by atoms with Crippen molar-refractivity contribution in [3.8, 4) is 11.1 Å². The number of hydrogen-bond acceptors (Lipinski definition) is 5. The number of rotatable bonds is 8. The number of amides is 2. The molecular weight excluding hydrogens is 436 g/mol. The van der Waals surface area contributed by atoms with Crippen molar-refractivity contribution in [1.29, 1.82) is 0 Å². The minimum Gasteiger partial charge on any atom is -0.481 e. The Morgan fingerprint density at radius 1 is 1.12 bits per heavy atom. The van der Waals surface area contributed by atoms with Gasteiger partial charge in [0, 0.05) is 38.3 Å². The summed E-state index contributed by atoms with van der Waals surface area (Å²) in [5, 5.41) is 15.6.